The molecule has 2 aromatic heterocycles. The Morgan fingerprint density at radius 1 is 1.12 bits per heavy atom. The van der Waals surface area contributed by atoms with Crippen LogP contribution in [0.25, 0.3) is 11.5 Å². The predicted octanol–water partition coefficient (Wildman–Crippen LogP) is 2.11. The van der Waals surface area contributed by atoms with E-state index >= 15 is 0 Å². The lowest BCUT2D eigenvalue weighted by molar-refractivity contribution is 0.0947. The molecule has 1 aromatic carbocycles. The lowest BCUT2D eigenvalue weighted by Crippen LogP contribution is -2.26. The van der Waals surface area contributed by atoms with Gasteiger partial charge in [-0.15, -0.1) is 10.2 Å². The van der Waals surface area contributed by atoms with E-state index in [9.17, 15) is 4.79 Å². The molecule has 0 spiro atoms. The fourth-order valence-electron chi connectivity index (χ4n) is 2.08. The molecule has 3 rings (SSSR count). The molecule has 0 bridgehead atoms. The molecule has 24 heavy (non-hydrogen) atoms. The topological polar surface area (TPSA) is 90.1 Å². The van der Waals surface area contributed by atoms with Crippen molar-refractivity contribution >= 4 is 5.91 Å². The van der Waals surface area contributed by atoms with Crippen LogP contribution in [0.5, 0.6) is 5.88 Å². The maximum absolute atomic E-state index is 12.0. The molecule has 0 aliphatic heterocycles. The molecule has 122 valence electrons. The van der Waals surface area contributed by atoms with Crippen molar-refractivity contribution in [1.29, 1.82) is 0 Å². The predicted molar refractivity (Wildman–Crippen MR) is 86.6 cm³/mol. The van der Waals surface area contributed by atoms with E-state index < -0.39 is 0 Å². The van der Waals surface area contributed by atoms with Gasteiger partial charge < -0.3 is 14.5 Å². The number of ether oxygens (including phenoxy) is 1. The molecule has 0 unspecified atom stereocenters. The molecular formula is C17H16N4O3. The third kappa shape index (κ3) is 3.75. The molecule has 0 fully saturated rings. The van der Waals surface area contributed by atoms with E-state index in [-0.39, 0.29) is 5.91 Å². The van der Waals surface area contributed by atoms with Crippen molar-refractivity contribution < 1.29 is 13.9 Å². The number of nitrogens with one attached hydrogen (secondary N) is 1. The first-order valence-corrected chi connectivity index (χ1v) is 7.43. The van der Waals surface area contributed by atoms with Crippen molar-refractivity contribution in [1.82, 2.24) is 20.5 Å². The summed E-state index contributed by atoms with van der Waals surface area (Å²) in [5.74, 6) is 1.04. The van der Waals surface area contributed by atoms with Crippen molar-refractivity contribution in [2.75, 3.05) is 13.7 Å². The Morgan fingerprint density at radius 3 is 2.75 bits per heavy atom. The van der Waals surface area contributed by atoms with Crippen LogP contribution in [0.2, 0.25) is 0 Å². The van der Waals surface area contributed by atoms with Crippen LogP contribution in [0.1, 0.15) is 16.4 Å². The number of pyridine rings is 1. The number of benzene rings is 1. The number of methoxy groups -OCH3 is 1. The molecule has 1 amide bonds. The van der Waals surface area contributed by atoms with Crippen LogP contribution in [-0.4, -0.2) is 34.7 Å². The van der Waals surface area contributed by atoms with Crippen LogP contribution in [-0.2, 0) is 6.42 Å². The summed E-state index contributed by atoms with van der Waals surface area (Å²) >= 11 is 0. The van der Waals surface area contributed by atoms with E-state index in [0.717, 1.165) is 5.56 Å². The largest absolute Gasteiger partial charge is 0.481 e. The number of rotatable bonds is 6. The first kappa shape index (κ1) is 15.7. The van der Waals surface area contributed by atoms with Gasteiger partial charge in [-0.2, -0.15) is 0 Å². The second-order valence-corrected chi connectivity index (χ2v) is 4.94. The van der Waals surface area contributed by atoms with Gasteiger partial charge in [0.2, 0.25) is 17.7 Å². The Balaban J connectivity index is 1.55. The van der Waals surface area contributed by atoms with Gasteiger partial charge in [0.25, 0.3) is 5.91 Å². The van der Waals surface area contributed by atoms with Gasteiger partial charge in [0.1, 0.15) is 5.69 Å². The smallest absolute Gasteiger partial charge is 0.270 e. The van der Waals surface area contributed by atoms with Gasteiger partial charge in [0.05, 0.1) is 7.11 Å². The van der Waals surface area contributed by atoms with E-state index in [1.54, 1.807) is 18.2 Å². The van der Waals surface area contributed by atoms with Gasteiger partial charge in [0.15, 0.2) is 0 Å². The summed E-state index contributed by atoms with van der Waals surface area (Å²) in [6.45, 7) is 0.369. The van der Waals surface area contributed by atoms with E-state index in [1.807, 2.05) is 30.3 Å². The molecule has 0 saturated heterocycles. The second kappa shape index (κ2) is 7.36. The summed E-state index contributed by atoms with van der Waals surface area (Å²) in [7, 11) is 1.50. The van der Waals surface area contributed by atoms with Gasteiger partial charge in [-0.3, -0.25) is 4.79 Å². The highest BCUT2D eigenvalue weighted by Gasteiger charge is 2.10. The number of hydrogen-bond acceptors (Lipinski definition) is 6. The molecule has 0 saturated carbocycles. The maximum atomic E-state index is 12.0. The molecule has 0 atom stereocenters. The maximum Gasteiger partial charge on any atom is 0.270 e. The summed E-state index contributed by atoms with van der Waals surface area (Å²) in [4.78, 5) is 16.1. The van der Waals surface area contributed by atoms with Gasteiger partial charge in [-0.05, 0) is 18.2 Å². The summed E-state index contributed by atoms with van der Waals surface area (Å²) < 4.78 is 10.6. The number of aromatic nitrogens is 3. The zero-order chi connectivity index (χ0) is 16.8. The zero-order valence-corrected chi connectivity index (χ0v) is 13.1. The Morgan fingerprint density at radius 2 is 1.96 bits per heavy atom. The monoisotopic (exact) mass is 324 g/mol. The molecule has 2 heterocycles. The minimum atomic E-state index is -0.281. The summed E-state index contributed by atoms with van der Waals surface area (Å²) in [6.07, 6.45) is 0.440. The summed E-state index contributed by atoms with van der Waals surface area (Å²) in [5.41, 5.74) is 1.16. The van der Waals surface area contributed by atoms with Crippen LogP contribution in [0.4, 0.5) is 0 Å². The number of hydrogen-bond donors (Lipinski definition) is 1. The van der Waals surface area contributed by atoms with Crippen molar-refractivity contribution in [3.8, 4) is 17.3 Å². The molecule has 3 aromatic rings. The normalized spacial score (nSPS) is 10.4. The minimum Gasteiger partial charge on any atom is -0.481 e. The van der Waals surface area contributed by atoms with Crippen LogP contribution in [0.15, 0.2) is 52.9 Å². The Hall–Kier alpha value is -3.22. The number of amides is 1. The van der Waals surface area contributed by atoms with E-state index in [1.165, 1.54) is 7.11 Å². The molecule has 7 nitrogen and oxygen atoms in total. The van der Waals surface area contributed by atoms with Gasteiger partial charge >= 0.3 is 0 Å². The number of nitrogens with zero attached hydrogens (tertiary/aromatic N) is 3. The fraction of sp³-hybridized carbons (Fsp3) is 0.176. The lowest BCUT2D eigenvalue weighted by atomic mass is 10.2. The quantitative estimate of drug-likeness (QED) is 0.747. The van der Waals surface area contributed by atoms with Gasteiger partial charge in [-0.25, -0.2) is 4.98 Å². The molecule has 7 heteroatoms. The van der Waals surface area contributed by atoms with Crippen molar-refractivity contribution in [3.63, 3.8) is 0 Å². The first-order valence-electron chi connectivity index (χ1n) is 7.43. The van der Waals surface area contributed by atoms with Crippen LogP contribution in [0.3, 0.4) is 0 Å². The lowest BCUT2D eigenvalue weighted by Gasteiger charge is -2.04. The first-order chi connectivity index (χ1) is 11.8. The SMILES string of the molecule is COc1cccc(C(=O)NCCc2nnc(-c3ccccc3)o2)n1. The third-order valence-electron chi connectivity index (χ3n) is 3.28. The Kier molecular flexibility index (Phi) is 4.81. The average molecular weight is 324 g/mol. The van der Waals surface area contributed by atoms with Gasteiger partial charge in [0, 0.05) is 24.6 Å². The Labute approximate surface area is 138 Å². The van der Waals surface area contributed by atoms with E-state index in [2.05, 4.69) is 20.5 Å². The van der Waals surface area contributed by atoms with E-state index in [0.29, 0.717) is 36.3 Å². The van der Waals surface area contributed by atoms with E-state index in [4.69, 9.17) is 9.15 Å². The summed E-state index contributed by atoms with van der Waals surface area (Å²) in [6, 6.07) is 14.5. The highest BCUT2D eigenvalue weighted by Crippen LogP contribution is 2.16. The molecule has 0 radical (unpaired) electrons. The molecular weight excluding hydrogens is 308 g/mol. The van der Waals surface area contributed by atoms with Crippen molar-refractivity contribution in [2.45, 2.75) is 6.42 Å². The highest BCUT2D eigenvalue weighted by molar-refractivity contribution is 5.92. The van der Waals surface area contributed by atoms with Crippen molar-refractivity contribution in [3.05, 3.63) is 60.1 Å². The average Bonchev–Trinajstić information content (AvgIpc) is 3.11. The fourth-order valence-corrected chi connectivity index (χ4v) is 2.08. The molecule has 0 aliphatic carbocycles. The van der Waals surface area contributed by atoms with Gasteiger partial charge in [-0.1, -0.05) is 24.3 Å². The van der Waals surface area contributed by atoms with Crippen LogP contribution < -0.4 is 10.1 Å². The second-order valence-electron chi connectivity index (χ2n) is 4.94. The highest BCUT2D eigenvalue weighted by atomic mass is 16.5. The molecule has 1 N–H and O–H groups in total. The van der Waals surface area contributed by atoms with Crippen LogP contribution >= 0.6 is 0 Å². The Bertz CT molecular complexity index is 817. The van der Waals surface area contributed by atoms with Crippen LogP contribution in [0, 0.1) is 0 Å². The number of carbonyl (C=O) groups is 1. The zero-order valence-electron chi connectivity index (χ0n) is 13.1. The standard InChI is InChI=1S/C17H16N4O3/c1-23-14-9-5-8-13(19-14)16(22)18-11-10-15-20-21-17(24-15)12-6-3-2-4-7-12/h2-9H,10-11H2,1H3,(H,18,22). The minimum absolute atomic E-state index is 0.281. The summed E-state index contributed by atoms with van der Waals surface area (Å²) in [5, 5.41) is 10.8. The third-order valence-corrected chi connectivity index (χ3v) is 3.28. The van der Waals surface area contributed by atoms with Crippen molar-refractivity contribution in [2.24, 2.45) is 0 Å². The number of carbonyl (C=O) groups excluding carboxylic acids is 1. The molecule has 0 aliphatic rings.